The maximum absolute atomic E-state index is 5.52. The quantitative estimate of drug-likeness (QED) is 0.160. The molecule has 0 saturated heterocycles. The number of rotatable bonds is 7. The minimum atomic E-state index is -0.505. The maximum atomic E-state index is 5.52. The molecule has 3 heteroatoms. The van der Waals surface area contributed by atoms with Crippen LogP contribution in [-0.4, -0.2) is 15.0 Å². The van der Waals surface area contributed by atoms with E-state index < -0.39 is 5.41 Å². The zero-order chi connectivity index (χ0) is 45.7. The second-order valence-corrected chi connectivity index (χ2v) is 18.2. The fraction of sp³-hybridized carbons (Fsp3) is 0.0455. The van der Waals surface area contributed by atoms with Gasteiger partial charge < -0.3 is 0 Å². The molecule has 324 valence electrons. The van der Waals surface area contributed by atoms with Crippen LogP contribution in [0.15, 0.2) is 249 Å². The van der Waals surface area contributed by atoms with Crippen LogP contribution in [0.5, 0.6) is 0 Å². The number of hydrogen-bond acceptors (Lipinski definition) is 3. The van der Waals surface area contributed by atoms with E-state index in [1.165, 1.54) is 50.1 Å². The first kappa shape index (κ1) is 40.5. The Kier molecular flexibility index (Phi) is 9.87. The molecule has 9 aromatic rings. The third kappa shape index (κ3) is 6.93. The van der Waals surface area contributed by atoms with Crippen molar-refractivity contribution < 1.29 is 0 Å². The highest BCUT2D eigenvalue weighted by Gasteiger charge is 2.51. The Morgan fingerprint density at radius 2 is 0.826 bits per heavy atom. The monoisotopic (exact) mass is 879 g/mol. The molecule has 0 unspecified atom stereocenters. The number of fused-ring (bicyclic) bond motifs is 10. The van der Waals surface area contributed by atoms with Crippen LogP contribution in [0, 0.1) is 0 Å². The molecule has 1 aromatic heterocycles. The van der Waals surface area contributed by atoms with E-state index in [1.54, 1.807) is 0 Å². The third-order valence-electron chi connectivity index (χ3n) is 14.2. The van der Waals surface area contributed by atoms with Crippen LogP contribution >= 0.6 is 0 Å². The van der Waals surface area contributed by atoms with Crippen LogP contribution in [0.1, 0.15) is 46.2 Å². The third-order valence-corrected chi connectivity index (χ3v) is 14.2. The summed E-state index contributed by atoms with van der Waals surface area (Å²) in [4.78, 5) is 16.5. The summed E-state index contributed by atoms with van der Waals surface area (Å²) in [5, 5.41) is 0. The van der Waals surface area contributed by atoms with Gasteiger partial charge in [0.15, 0.2) is 17.5 Å². The Morgan fingerprint density at radius 1 is 0.319 bits per heavy atom. The van der Waals surface area contributed by atoms with E-state index in [0.717, 1.165) is 68.5 Å². The van der Waals surface area contributed by atoms with Gasteiger partial charge in [0, 0.05) is 16.7 Å². The zero-order valence-corrected chi connectivity index (χ0v) is 37.9. The molecule has 0 amide bonds. The smallest absolute Gasteiger partial charge is 0.164 e. The Hall–Kier alpha value is -8.79. The van der Waals surface area contributed by atoms with Gasteiger partial charge in [-0.3, -0.25) is 0 Å². The van der Waals surface area contributed by atoms with Crippen molar-refractivity contribution in [1.82, 2.24) is 15.0 Å². The highest BCUT2D eigenvalue weighted by Crippen LogP contribution is 2.63. The second kappa shape index (κ2) is 16.8. The van der Waals surface area contributed by atoms with E-state index in [9.17, 15) is 0 Å². The van der Waals surface area contributed by atoms with Gasteiger partial charge in [-0.25, -0.2) is 15.0 Å². The lowest BCUT2D eigenvalue weighted by atomic mass is 9.70. The molecule has 1 spiro atoms. The molecule has 69 heavy (non-hydrogen) atoms. The number of aromatic nitrogens is 3. The van der Waals surface area contributed by atoms with Crippen LogP contribution in [-0.2, 0) is 5.41 Å². The normalized spacial score (nSPS) is 14.6. The lowest BCUT2D eigenvalue weighted by Crippen LogP contribution is -2.25. The molecule has 1 heterocycles. The average Bonchev–Trinajstić information content (AvgIpc) is 3.58. The van der Waals surface area contributed by atoms with Crippen LogP contribution in [0.4, 0.5) is 0 Å². The molecule has 0 radical (unpaired) electrons. The first-order valence-electron chi connectivity index (χ1n) is 23.9. The van der Waals surface area contributed by atoms with Crippen molar-refractivity contribution >= 4 is 11.1 Å². The Bertz CT molecular complexity index is 3650. The molecular formula is C66H45N3. The molecule has 0 aliphatic heterocycles. The molecule has 4 aliphatic rings. The first-order chi connectivity index (χ1) is 34.2. The van der Waals surface area contributed by atoms with Gasteiger partial charge in [-0.2, -0.15) is 0 Å². The van der Waals surface area contributed by atoms with Crippen molar-refractivity contribution in [1.29, 1.82) is 0 Å². The Balaban J connectivity index is 1.07. The molecule has 0 N–H and O–H groups in total. The predicted molar refractivity (Wildman–Crippen MR) is 285 cm³/mol. The topological polar surface area (TPSA) is 38.7 Å². The molecule has 0 fully saturated rings. The lowest BCUT2D eigenvalue weighted by Gasteiger charge is -2.30. The highest BCUT2D eigenvalue weighted by atomic mass is 15.0. The van der Waals surface area contributed by atoms with E-state index in [1.807, 2.05) is 0 Å². The van der Waals surface area contributed by atoms with Crippen molar-refractivity contribution in [3.05, 3.63) is 282 Å². The van der Waals surface area contributed by atoms with Crippen LogP contribution in [0.25, 0.3) is 89.8 Å². The van der Waals surface area contributed by atoms with Crippen LogP contribution in [0.2, 0.25) is 0 Å². The van der Waals surface area contributed by atoms with Crippen LogP contribution < -0.4 is 0 Å². The maximum Gasteiger partial charge on any atom is 0.164 e. The van der Waals surface area contributed by atoms with Gasteiger partial charge in [0.05, 0.1) is 5.41 Å². The standard InChI is InChI=1S/C66H45N3/c1-2-8-22-44(21-7-1)49-37-51(46-25-11-5-12-26-46)41-53(39-49)64-67-63(68-65(69-64)54-40-50(45-23-9-3-4-10-24-45)38-52(42-54)47-27-13-6-14-28-47)48-35-36-58-57-31-17-20-34-61(57)66(62(58)43-48)59-32-18-15-29-55(59)56-30-16-19-33-60(56)66/h1-3,5-21,23-43H,4,22H2. The molecule has 13 rings (SSSR count). The van der Waals surface area contributed by atoms with E-state index in [0.29, 0.717) is 17.5 Å². The van der Waals surface area contributed by atoms with E-state index in [2.05, 4.69) is 249 Å². The van der Waals surface area contributed by atoms with Gasteiger partial charge in [0.1, 0.15) is 0 Å². The van der Waals surface area contributed by atoms with Gasteiger partial charge in [-0.15, -0.1) is 0 Å². The molecule has 0 bridgehead atoms. The summed E-state index contributed by atoms with van der Waals surface area (Å²) in [7, 11) is 0. The number of allylic oxidation sites excluding steroid dienone is 12. The Morgan fingerprint density at radius 3 is 1.45 bits per heavy atom. The largest absolute Gasteiger partial charge is 0.208 e. The van der Waals surface area contributed by atoms with Crippen LogP contribution in [0.3, 0.4) is 0 Å². The summed E-state index contributed by atoms with van der Waals surface area (Å²) in [5.74, 6) is 1.86. The molecular weight excluding hydrogens is 835 g/mol. The minimum absolute atomic E-state index is 0.505. The predicted octanol–water partition coefficient (Wildman–Crippen LogP) is 16.3. The second-order valence-electron chi connectivity index (χ2n) is 18.2. The van der Waals surface area contributed by atoms with Gasteiger partial charge in [-0.1, -0.05) is 206 Å². The summed E-state index contributed by atoms with van der Waals surface area (Å²) < 4.78 is 0. The molecule has 0 saturated carbocycles. The summed E-state index contributed by atoms with van der Waals surface area (Å²) >= 11 is 0. The molecule has 4 aliphatic carbocycles. The SMILES string of the molecule is C1=CC=C(c2cc(-c3ccccc3)cc(-c3nc(-c4cc(C5=CC=CCC=C5)cc(-c5ccccc5)c4)nc(-c4ccc5c(c4)C4(c6ccccc6-c6ccccc64)c4ccccc4-5)n3)c2)CC=C1. The zero-order valence-electron chi connectivity index (χ0n) is 37.9. The van der Waals surface area contributed by atoms with E-state index in [4.69, 9.17) is 15.0 Å². The molecule has 3 nitrogen and oxygen atoms in total. The van der Waals surface area contributed by atoms with Crippen molar-refractivity contribution in [3.63, 3.8) is 0 Å². The highest BCUT2D eigenvalue weighted by molar-refractivity contribution is 5.96. The number of nitrogens with zero attached hydrogens (tertiary/aromatic N) is 3. The van der Waals surface area contributed by atoms with E-state index >= 15 is 0 Å². The van der Waals surface area contributed by atoms with Gasteiger partial charge in [-0.05, 0) is 144 Å². The van der Waals surface area contributed by atoms with E-state index in [-0.39, 0.29) is 0 Å². The van der Waals surface area contributed by atoms with Crippen molar-refractivity contribution in [3.8, 4) is 78.7 Å². The summed E-state index contributed by atoms with van der Waals surface area (Å²) in [6, 6.07) is 68.5. The summed E-state index contributed by atoms with van der Waals surface area (Å²) in [6.07, 6.45) is 23.5. The average molecular weight is 880 g/mol. The first-order valence-corrected chi connectivity index (χ1v) is 23.9. The number of benzene rings is 8. The van der Waals surface area contributed by atoms with Crippen molar-refractivity contribution in [2.75, 3.05) is 0 Å². The molecule has 0 atom stereocenters. The number of hydrogen-bond donors (Lipinski definition) is 0. The van der Waals surface area contributed by atoms with Gasteiger partial charge >= 0.3 is 0 Å². The summed E-state index contributed by atoms with van der Waals surface area (Å²) in [6.45, 7) is 0. The fourth-order valence-electron chi connectivity index (χ4n) is 11.0. The lowest BCUT2D eigenvalue weighted by molar-refractivity contribution is 0.794. The Labute approximate surface area is 403 Å². The minimum Gasteiger partial charge on any atom is -0.208 e. The fourth-order valence-corrected chi connectivity index (χ4v) is 11.0. The molecule has 8 aromatic carbocycles. The van der Waals surface area contributed by atoms with Crippen molar-refractivity contribution in [2.45, 2.75) is 18.3 Å². The van der Waals surface area contributed by atoms with Gasteiger partial charge in [0.25, 0.3) is 0 Å². The summed E-state index contributed by atoms with van der Waals surface area (Å²) in [5.41, 5.74) is 21.5. The van der Waals surface area contributed by atoms with Crippen molar-refractivity contribution in [2.24, 2.45) is 0 Å². The van der Waals surface area contributed by atoms with Gasteiger partial charge in [0.2, 0.25) is 0 Å².